The quantitative estimate of drug-likeness (QED) is 0.926. The number of hydrogen-bond donors (Lipinski definition) is 1. The van der Waals surface area contributed by atoms with Gasteiger partial charge in [-0.2, -0.15) is 13.2 Å². The Morgan fingerprint density at radius 3 is 2.55 bits per heavy atom. The molecular weight excluding hydrogens is 297 g/mol. The van der Waals surface area contributed by atoms with Gasteiger partial charge in [0.1, 0.15) is 6.04 Å². The molecule has 1 saturated heterocycles. The average Bonchev–Trinajstić information content (AvgIpc) is 2.48. The summed E-state index contributed by atoms with van der Waals surface area (Å²) in [6.07, 6.45) is -4.52. The Morgan fingerprint density at radius 1 is 1.18 bits per heavy atom. The standard InChI is InChI=1S/C15H15F3N2O2/c16-15(17,18)13(20-5-7-22-8-6-20)11-9-10-3-1-2-4-12(10)19-14(11)21/h1-4,9,13H,5-8H2,(H,19,21). The zero-order valence-electron chi connectivity index (χ0n) is 11.7. The van der Waals surface area contributed by atoms with Crippen LogP contribution in [-0.2, 0) is 4.74 Å². The molecule has 1 atom stereocenters. The maximum absolute atomic E-state index is 13.5. The van der Waals surface area contributed by atoms with E-state index in [2.05, 4.69) is 4.98 Å². The number of nitrogens with one attached hydrogen (secondary N) is 1. The summed E-state index contributed by atoms with van der Waals surface area (Å²) in [5, 5.41) is 0.583. The van der Waals surface area contributed by atoms with E-state index in [0.717, 1.165) is 0 Å². The zero-order valence-corrected chi connectivity index (χ0v) is 11.7. The van der Waals surface area contributed by atoms with Crippen LogP contribution in [0.15, 0.2) is 35.1 Å². The number of fused-ring (bicyclic) bond motifs is 1. The van der Waals surface area contributed by atoms with Gasteiger partial charge < -0.3 is 9.72 Å². The van der Waals surface area contributed by atoms with Crippen molar-refractivity contribution < 1.29 is 17.9 Å². The maximum Gasteiger partial charge on any atom is 0.408 e. The van der Waals surface area contributed by atoms with Crippen molar-refractivity contribution in [1.82, 2.24) is 9.88 Å². The molecule has 0 amide bonds. The third-order valence-corrected chi connectivity index (χ3v) is 3.80. The van der Waals surface area contributed by atoms with E-state index in [1.54, 1.807) is 24.3 Å². The first-order valence-corrected chi connectivity index (χ1v) is 6.97. The molecule has 1 aliphatic rings. The van der Waals surface area contributed by atoms with Crippen molar-refractivity contribution in [1.29, 1.82) is 0 Å². The molecule has 1 aromatic carbocycles. The molecule has 0 spiro atoms. The Balaban J connectivity index is 2.11. The van der Waals surface area contributed by atoms with Crippen LogP contribution >= 0.6 is 0 Å². The van der Waals surface area contributed by atoms with Crippen LogP contribution in [0.5, 0.6) is 0 Å². The smallest absolute Gasteiger partial charge is 0.379 e. The number of rotatable bonds is 2. The fraction of sp³-hybridized carbons (Fsp3) is 0.400. The number of nitrogens with zero attached hydrogens (tertiary/aromatic N) is 1. The van der Waals surface area contributed by atoms with E-state index in [1.807, 2.05) is 0 Å². The molecule has 4 nitrogen and oxygen atoms in total. The first kappa shape index (κ1) is 15.1. The van der Waals surface area contributed by atoms with Gasteiger partial charge in [0, 0.05) is 24.2 Å². The van der Waals surface area contributed by atoms with Gasteiger partial charge in [0.05, 0.1) is 13.2 Å². The molecule has 0 aliphatic carbocycles. The minimum atomic E-state index is -4.52. The van der Waals surface area contributed by atoms with Crippen LogP contribution in [0.1, 0.15) is 11.6 Å². The van der Waals surface area contributed by atoms with Crippen molar-refractivity contribution in [3.63, 3.8) is 0 Å². The van der Waals surface area contributed by atoms with E-state index in [4.69, 9.17) is 4.74 Å². The van der Waals surface area contributed by atoms with Crippen molar-refractivity contribution in [3.8, 4) is 0 Å². The lowest BCUT2D eigenvalue weighted by molar-refractivity contribution is -0.195. The lowest BCUT2D eigenvalue weighted by Crippen LogP contribution is -2.46. The number of ether oxygens (including phenoxy) is 1. The highest BCUT2D eigenvalue weighted by atomic mass is 19.4. The number of hydrogen-bond acceptors (Lipinski definition) is 3. The van der Waals surface area contributed by atoms with Gasteiger partial charge in [-0.05, 0) is 17.5 Å². The normalized spacial score (nSPS) is 18.5. The van der Waals surface area contributed by atoms with E-state index >= 15 is 0 Å². The lowest BCUT2D eigenvalue weighted by atomic mass is 10.0. The van der Waals surface area contributed by atoms with E-state index in [9.17, 15) is 18.0 Å². The first-order valence-electron chi connectivity index (χ1n) is 6.97. The number of benzene rings is 1. The largest absolute Gasteiger partial charge is 0.408 e. The molecule has 3 rings (SSSR count). The predicted octanol–water partition coefficient (Wildman–Crippen LogP) is 2.46. The van der Waals surface area contributed by atoms with E-state index < -0.39 is 17.8 Å². The molecule has 1 aromatic heterocycles. The number of H-pyrrole nitrogens is 1. The Hall–Kier alpha value is -1.86. The molecule has 118 valence electrons. The van der Waals surface area contributed by atoms with Gasteiger partial charge >= 0.3 is 6.18 Å². The summed E-state index contributed by atoms with van der Waals surface area (Å²) in [7, 11) is 0. The number of aromatic nitrogens is 1. The molecule has 0 saturated carbocycles. The Kier molecular flexibility index (Phi) is 3.92. The molecule has 2 heterocycles. The molecule has 2 aromatic rings. The molecule has 1 fully saturated rings. The van der Waals surface area contributed by atoms with Crippen LogP contribution in [0.25, 0.3) is 10.9 Å². The van der Waals surface area contributed by atoms with Crippen molar-refractivity contribution in [2.45, 2.75) is 12.2 Å². The number of aromatic amines is 1. The number of halogens is 3. The molecule has 7 heteroatoms. The predicted molar refractivity (Wildman–Crippen MR) is 75.8 cm³/mol. The summed E-state index contributed by atoms with van der Waals surface area (Å²) < 4.78 is 45.7. The highest BCUT2D eigenvalue weighted by Gasteiger charge is 2.46. The van der Waals surface area contributed by atoms with Gasteiger partial charge in [0.2, 0.25) is 0 Å². The topological polar surface area (TPSA) is 45.3 Å². The summed E-state index contributed by atoms with van der Waals surface area (Å²) in [4.78, 5) is 15.9. The number of pyridine rings is 1. The summed E-state index contributed by atoms with van der Waals surface area (Å²) in [6, 6.07) is 6.22. The third kappa shape index (κ3) is 2.86. The second-order valence-corrected chi connectivity index (χ2v) is 5.23. The number of morpholine rings is 1. The number of alkyl halides is 3. The van der Waals surface area contributed by atoms with Gasteiger partial charge in [0.25, 0.3) is 5.56 Å². The minimum Gasteiger partial charge on any atom is -0.379 e. The second kappa shape index (κ2) is 5.73. The van der Waals surface area contributed by atoms with Gasteiger partial charge in [-0.1, -0.05) is 18.2 Å². The molecule has 0 bridgehead atoms. The SMILES string of the molecule is O=c1[nH]c2ccccc2cc1C(N1CCOCC1)C(F)(F)F. The molecule has 1 unspecified atom stereocenters. The summed E-state index contributed by atoms with van der Waals surface area (Å²) in [6.45, 7) is 0.767. The van der Waals surface area contributed by atoms with Gasteiger partial charge in [-0.15, -0.1) is 0 Å². The zero-order chi connectivity index (χ0) is 15.7. The van der Waals surface area contributed by atoms with Gasteiger partial charge in [0.15, 0.2) is 0 Å². The monoisotopic (exact) mass is 312 g/mol. The highest BCUT2D eigenvalue weighted by molar-refractivity contribution is 5.78. The Labute approximate surface area is 124 Å². The maximum atomic E-state index is 13.5. The minimum absolute atomic E-state index is 0.149. The second-order valence-electron chi connectivity index (χ2n) is 5.23. The number of para-hydroxylation sites is 1. The molecule has 1 aliphatic heterocycles. The Bertz CT molecular complexity index is 721. The van der Waals surface area contributed by atoms with Crippen LogP contribution < -0.4 is 5.56 Å². The van der Waals surface area contributed by atoms with E-state index in [1.165, 1.54) is 11.0 Å². The van der Waals surface area contributed by atoms with Crippen LogP contribution in [0, 0.1) is 0 Å². The molecule has 22 heavy (non-hydrogen) atoms. The van der Waals surface area contributed by atoms with E-state index in [0.29, 0.717) is 10.9 Å². The van der Waals surface area contributed by atoms with Crippen LogP contribution in [0.3, 0.4) is 0 Å². The molecule has 1 N–H and O–H groups in total. The lowest BCUT2D eigenvalue weighted by Gasteiger charge is -2.35. The molecular formula is C15H15F3N2O2. The average molecular weight is 312 g/mol. The summed E-state index contributed by atoms with van der Waals surface area (Å²) in [5.74, 6) is 0. The fourth-order valence-electron chi connectivity index (χ4n) is 2.78. The highest BCUT2D eigenvalue weighted by Crippen LogP contribution is 2.37. The molecule has 0 radical (unpaired) electrons. The van der Waals surface area contributed by atoms with Crippen LogP contribution in [-0.4, -0.2) is 42.4 Å². The van der Waals surface area contributed by atoms with Crippen molar-refractivity contribution in [2.24, 2.45) is 0 Å². The van der Waals surface area contributed by atoms with Gasteiger partial charge in [-0.25, -0.2) is 0 Å². The third-order valence-electron chi connectivity index (χ3n) is 3.80. The van der Waals surface area contributed by atoms with Gasteiger partial charge in [-0.3, -0.25) is 9.69 Å². The Morgan fingerprint density at radius 2 is 1.86 bits per heavy atom. The summed E-state index contributed by atoms with van der Waals surface area (Å²) in [5.41, 5.74) is -0.445. The summed E-state index contributed by atoms with van der Waals surface area (Å²) >= 11 is 0. The van der Waals surface area contributed by atoms with Crippen molar-refractivity contribution in [3.05, 3.63) is 46.2 Å². The van der Waals surface area contributed by atoms with E-state index in [-0.39, 0.29) is 31.9 Å². The van der Waals surface area contributed by atoms with Crippen LogP contribution in [0.4, 0.5) is 13.2 Å². The van der Waals surface area contributed by atoms with Crippen molar-refractivity contribution in [2.75, 3.05) is 26.3 Å². The fourth-order valence-corrected chi connectivity index (χ4v) is 2.78. The van der Waals surface area contributed by atoms with Crippen LogP contribution in [0.2, 0.25) is 0 Å². The van der Waals surface area contributed by atoms with Crippen molar-refractivity contribution >= 4 is 10.9 Å². The first-order chi connectivity index (χ1) is 10.5.